The first kappa shape index (κ1) is 15.8. The van der Waals surface area contributed by atoms with E-state index >= 15 is 0 Å². The van der Waals surface area contributed by atoms with Crippen LogP contribution in [-0.4, -0.2) is 36.3 Å². The van der Waals surface area contributed by atoms with Crippen molar-refractivity contribution in [3.05, 3.63) is 60.2 Å². The molecule has 1 aliphatic rings. The first-order chi connectivity index (χ1) is 13.3. The summed E-state index contributed by atoms with van der Waals surface area (Å²) in [5.41, 5.74) is 3.27. The largest absolute Gasteiger partial charge is 0.353 e. The van der Waals surface area contributed by atoms with Gasteiger partial charge in [-0.3, -0.25) is 10.1 Å². The van der Waals surface area contributed by atoms with Gasteiger partial charge in [-0.15, -0.1) is 5.10 Å². The number of H-pyrrole nitrogens is 1. The lowest BCUT2D eigenvalue weighted by molar-refractivity contribution is 0.885. The summed E-state index contributed by atoms with van der Waals surface area (Å²) in [6.45, 7) is 0.728. The van der Waals surface area contributed by atoms with Crippen molar-refractivity contribution >= 4 is 23.1 Å². The molecule has 27 heavy (non-hydrogen) atoms. The Bertz CT molecular complexity index is 1050. The lowest BCUT2D eigenvalue weighted by Crippen LogP contribution is -2.11. The van der Waals surface area contributed by atoms with Gasteiger partial charge < -0.3 is 10.6 Å². The van der Waals surface area contributed by atoms with Gasteiger partial charge in [0, 0.05) is 42.8 Å². The van der Waals surface area contributed by atoms with E-state index in [1.165, 1.54) is 24.1 Å². The first-order valence-corrected chi connectivity index (χ1v) is 9.16. The molecule has 0 bridgehead atoms. The molecule has 0 saturated heterocycles. The van der Waals surface area contributed by atoms with Crippen LogP contribution in [0.3, 0.4) is 0 Å². The summed E-state index contributed by atoms with van der Waals surface area (Å²) < 4.78 is 1.82. The number of rotatable bonds is 7. The number of fused-ring (bicyclic) bond motifs is 1. The number of hydrogen-bond donors (Lipinski definition) is 3. The van der Waals surface area contributed by atoms with E-state index in [1.807, 2.05) is 35.1 Å². The van der Waals surface area contributed by atoms with Crippen LogP contribution in [0.1, 0.15) is 30.0 Å². The Morgan fingerprint density at radius 3 is 3.04 bits per heavy atom. The van der Waals surface area contributed by atoms with E-state index in [9.17, 15) is 0 Å². The fraction of sp³-hybridized carbons (Fsp3) is 0.263. The molecule has 1 fully saturated rings. The second kappa shape index (κ2) is 6.71. The van der Waals surface area contributed by atoms with E-state index in [2.05, 4.69) is 48.0 Å². The van der Waals surface area contributed by atoms with Crippen LogP contribution in [-0.2, 0) is 6.42 Å². The van der Waals surface area contributed by atoms with E-state index in [0.717, 1.165) is 30.1 Å². The van der Waals surface area contributed by atoms with Crippen LogP contribution in [0.2, 0.25) is 0 Å². The van der Waals surface area contributed by atoms with Crippen molar-refractivity contribution in [3.63, 3.8) is 0 Å². The van der Waals surface area contributed by atoms with Crippen molar-refractivity contribution in [1.29, 1.82) is 0 Å². The summed E-state index contributed by atoms with van der Waals surface area (Å²) in [6, 6.07) is 10.0. The average Bonchev–Trinajstić information content (AvgIpc) is 3.24. The number of anilines is 3. The Labute approximate surface area is 156 Å². The maximum atomic E-state index is 4.65. The van der Waals surface area contributed by atoms with Gasteiger partial charge in [-0.1, -0.05) is 6.07 Å². The van der Waals surface area contributed by atoms with Gasteiger partial charge in [0.1, 0.15) is 5.52 Å². The molecule has 8 heteroatoms. The van der Waals surface area contributed by atoms with Crippen LogP contribution in [0.25, 0.3) is 5.52 Å². The number of pyridine rings is 1. The summed E-state index contributed by atoms with van der Waals surface area (Å²) in [6.07, 6.45) is 8.90. The molecule has 3 N–H and O–H groups in total. The molecule has 4 heterocycles. The third kappa shape index (κ3) is 3.46. The number of aromatic nitrogens is 6. The predicted molar refractivity (Wildman–Crippen MR) is 103 cm³/mol. The zero-order valence-electron chi connectivity index (χ0n) is 14.8. The molecule has 8 nitrogen and oxygen atoms in total. The number of nitrogens with zero attached hydrogens (tertiary/aromatic N) is 5. The highest BCUT2D eigenvalue weighted by molar-refractivity contribution is 5.73. The van der Waals surface area contributed by atoms with Gasteiger partial charge in [-0.2, -0.15) is 10.1 Å². The van der Waals surface area contributed by atoms with E-state index in [1.54, 1.807) is 6.20 Å². The zero-order chi connectivity index (χ0) is 18.1. The molecule has 4 aromatic rings. The fourth-order valence-electron chi connectivity index (χ4n) is 3.09. The van der Waals surface area contributed by atoms with E-state index in [-0.39, 0.29) is 0 Å². The van der Waals surface area contributed by atoms with Gasteiger partial charge in [-0.25, -0.2) is 4.52 Å². The molecule has 0 radical (unpaired) electrons. The van der Waals surface area contributed by atoms with E-state index in [0.29, 0.717) is 11.9 Å². The standard InChI is InChI=1S/C19H20N8/c1-3-13(12-20-8-1)7-9-21-19-23-18(16-4-2-10-27(16)26-19)22-17-11-15(24-25-17)14-5-6-14/h1-4,8,10-12,14H,5-7,9H2,(H3,21,22,23,24,25,26). The van der Waals surface area contributed by atoms with Gasteiger partial charge in [0.2, 0.25) is 5.95 Å². The molecular formula is C19H20N8. The molecular weight excluding hydrogens is 340 g/mol. The van der Waals surface area contributed by atoms with Gasteiger partial charge in [0.15, 0.2) is 11.6 Å². The SMILES string of the molecule is c1cncc(CCNc2nc(Nc3cc(C4CC4)[nH]n3)c3cccn3n2)c1. The van der Waals surface area contributed by atoms with Gasteiger partial charge in [-0.05, 0) is 43.0 Å². The summed E-state index contributed by atoms with van der Waals surface area (Å²) in [4.78, 5) is 8.79. The fourth-order valence-corrected chi connectivity index (χ4v) is 3.09. The Balaban J connectivity index is 1.34. The smallest absolute Gasteiger partial charge is 0.243 e. The summed E-state index contributed by atoms with van der Waals surface area (Å²) >= 11 is 0. The van der Waals surface area contributed by atoms with E-state index < -0.39 is 0 Å². The van der Waals surface area contributed by atoms with E-state index in [4.69, 9.17) is 0 Å². The molecule has 0 aliphatic heterocycles. The molecule has 0 spiro atoms. The van der Waals surface area contributed by atoms with Gasteiger partial charge >= 0.3 is 0 Å². The third-order valence-electron chi connectivity index (χ3n) is 4.67. The summed E-state index contributed by atoms with van der Waals surface area (Å²) in [5.74, 6) is 2.72. The lowest BCUT2D eigenvalue weighted by atomic mass is 10.2. The molecule has 1 saturated carbocycles. The molecule has 1 aliphatic carbocycles. The molecule has 4 aromatic heterocycles. The topological polar surface area (TPSA) is 95.8 Å². The number of hydrogen-bond acceptors (Lipinski definition) is 6. The Morgan fingerprint density at radius 2 is 2.19 bits per heavy atom. The maximum Gasteiger partial charge on any atom is 0.243 e. The predicted octanol–water partition coefficient (Wildman–Crippen LogP) is 3.12. The van der Waals surface area contributed by atoms with Crippen LogP contribution in [0.15, 0.2) is 48.9 Å². The highest BCUT2D eigenvalue weighted by atomic mass is 15.3. The molecule has 0 atom stereocenters. The van der Waals surface area contributed by atoms with Crippen LogP contribution >= 0.6 is 0 Å². The number of aromatic amines is 1. The zero-order valence-corrected chi connectivity index (χ0v) is 14.8. The molecule has 136 valence electrons. The molecule has 0 unspecified atom stereocenters. The minimum absolute atomic E-state index is 0.572. The highest BCUT2D eigenvalue weighted by Crippen LogP contribution is 2.39. The molecule has 0 amide bonds. The van der Waals surface area contributed by atoms with Crippen molar-refractivity contribution < 1.29 is 0 Å². The molecule has 5 rings (SSSR count). The second-order valence-corrected chi connectivity index (χ2v) is 6.77. The van der Waals surface area contributed by atoms with Crippen molar-refractivity contribution in [1.82, 2.24) is 29.8 Å². The third-order valence-corrected chi connectivity index (χ3v) is 4.67. The number of nitrogens with one attached hydrogen (secondary N) is 3. The van der Waals surface area contributed by atoms with Crippen LogP contribution in [0, 0.1) is 0 Å². The highest BCUT2D eigenvalue weighted by Gasteiger charge is 2.25. The van der Waals surface area contributed by atoms with Crippen molar-refractivity contribution in [3.8, 4) is 0 Å². The van der Waals surface area contributed by atoms with Crippen LogP contribution < -0.4 is 10.6 Å². The van der Waals surface area contributed by atoms with Crippen LogP contribution in [0.5, 0.6) is 0 Å². The summed E-state index contributed by atoms with van der Waals surface area (Å²) in [7, 11) is 0. The lowest BCUT2D eigenvalue weighted by Gasteiger charge is -2.09. The van der Waals surface area contributed by atoms with Crippen molar-refractivity contribution in [2.24, 2.45) is 0 Å². The quantitative estimate of drug-likeness (QED) is 0.469. The second-order valence-electron chi connectivity index (χ2n) is 6.77. The van der Waals surface area contributed by atoms with Crippen LogP contribution in [0.4, 0.5) is 17.6 Å². The normalized spacial score (nSPS) is 13.8. The van der Waals surface area contributed by atoms with Gasteiger partial charge in [0.05, 0.1) is 0 Å². The Kier molecular flexibility index (Phi) is 3.93. The minimum atomic E-state index is 0.572. The Morgan fingerprint density at radius 1 is 1.22 bits per heavy atom. The Hall–Kier alpha value is -3.42. The van der Waals surface area contributed by atoms with Gasteiger partial charge in [0.25, 0.3) is 0 Å². The summed E-state index contributed by atoms with van der Waals surface area (Å²) in [5, 5.41) is 18.6. The maximum absolute atomic E-state index is 4.65. The monoisotopic (exact) mass is 360 g/mol. The first-order valence-electron chi connectivity index (χ1n) is 9.16. The van der Waals surface area contributed by atoms with Crippen molar-refractivity contribution in [2.45, 2.75) is 25.2 Å². The average molecular weight is 360 g/mol. The molecule has 0 aromatic carbocycles. The van der Waals surface area contributed by atoms with Crippen molar-refractivity contribution in [2.75, 3.05) is 17.2 Å². The minimum Gasteiger partial charge on any atom is -0.353 e.